The molecule has 0 aromatic carbocycles. The largest absolute Gasteiger partial charge is 0.338 e. The molecule has 0 bridgehead atoms. The summed E-state index contributed by atoms with van der Waals surface area (Å²) in [5, 5.41) is 6.04. The summed E-state index contributed by atoms with van der Waals surface area (Å²) in [6.45, 7) is 8.17. The van der Waals surface area contributed by atoms with Crippen molar-refractivity contribution in [1.29, 1.82) is 0 Å². The first-order valence-corrected chi connectivity index (χ1v) is 13.1. The molecule has 1 spiro atoms. The predicted octanol–water partition coefficient (Wildman–Crippen LogP) is 2.70. The van der Waals surface area contributed by atoms with Crippen molar-refractivity contribution in [2.24, 2.45) is 11.3 Å². The molecule has 2 saturated heterocycles. The summed E-state index contributed by atoms with van der Waals surface area (Å²) in [7, 11) is 0. The van der Waals surface area contributed by atoms with Crippen LogP contribution in [0.4, 0.5) is 9.59 Å². The van der Waals surface area contributed by atoms with Crippen LogP contribution in [0.25, 0.3) is 0 Å². The Hall–Kier alpha value is -2.32. The molecular weight excluding hydrogens is 434 g/mol. The summed E-state index contributed by atoms with van der Waals surface area (Å²) < 4.78 is 0. The molecule has 4 rings (SSSR count). The fraction of sp³-hybridized carbons (Fsp3) is 0.840. The molecule has 0 aromatic heterocycles. The SMILES string of the molecule is CC(C)(C)C1CCC2(CC1)NC(=O)N(CC(=O)N1CCN(C(=O)NC3CCCCC3)CC1)C2=O. The van der Waals surface area contributed by atoms with E-state index in [0.29, 0.717) is 44.9 Å². The molecule has 34 heavy (non-hydrogen) atoms. The van der Waals surface area contributed by atoms with Crippen LogP contribution in [-0.4, -0.2) is 82.9 Å². The zero-order chi connectivity index (χ0) is 24.5. The van der Waals surface area contributed by atoms with Gasteiger partial charge in [0, 0.05) is 32.2 Å². The van der Waals surface area contributed by atoms with Crippen LogP contribution >= 0.6 is 0 Å². The zero-order valence-electron chi connectivity index (χ0n) is 21.0. The third-order valence-electron chi connectivity index (χ3n) is 8.46. The molecule has 9 nitrogen and oxygen atoms in total. The summed E-state index contributed by atoms with van der Waals surface area (Å²) in [5.41, 5.74) is -0.673. The van der Waals surface area contributed by atoms with E-state index in [1.807, 2.05) is 0 Å². The Kier molecular flexibility index (Phi) is 7.10. The smallest absolute Gasteiger partial charge is 0.325 e. The number of hydrogen-bond acceptors (Lipinski definition) is 4. The second-order valence-electron chi connectivity index (χ2n) is 11.7. The minimum Gasteiger partial charge on any atom is -0.338 e. The van der Waals surface area contributed by atoms with Crippen LogP contribution in [0.2, 0.25) is 0 Å². The first-order chi connectivity index (χ1) is 16.1. The summed E-state index contributed by atoms with van der Waals surface area (Å²) in [5.74, 6) is 0.0186. The summed E-state index contributed by atoms with van der Waals surface area (Å²) in [6, 6.07) is -0.259. The normalized spacial score (nSPS) is 28.9. The Morgan fingerprint density at radius 3 is 2.12 bits per heavy atom. The Labute approximate surface area is 202 Å². The quantitative estimate of drug-likeness (QED) is 0.613. The molecule has 4 fully saturated rings. The van der Waals surface area contributed by atoms with Gasteiger partial charge in [0.2, 0.25) is 5.91 Å². The molecule has 2 N–H and O–H groups in total. The second kappa shape index (κ2) is 9.74. The van der Waals surface area contributed by atoms with Gasteiger partial charge in [-0.1, -0.05) is 40.0 Å². The van der Waals surface area contributed by atoms with Gasteiger partial charge in [0.05, 0.1) is 0 Å². The molecule has 4 aliphatic rings. The lowest BCUT2D eigenvalue weighted by molar-refractivity contribution is -0.140. The van der Waals surface area contributed by atoms with E-state index in [1.54, 1.807) is 9.80 Å². The first kappa shape index (κ1) is 24.8. The number of piperazine rings is 1. The highest BCUT2D eigenvalue weighted by molar-refractivity contribution is 6.09. The van der Waals surface area contributed by atoms with Crippen molar-refractivity contribution in [3.05, 3.63) is 0 Å². The van der Waals surface area contributed by atoms with Crippen molar-refractivity contribution in [2.45, 2.75) is 90.1 Å². The Bertz CT molecular complexity index is 801. The van der Waals surface area contributed by atoms with Crippen LogP contribution in [-0.2, 0) is 9.59 Å². The Morgan fingerprint density at radius 2 is 1.53 bits per heavy atom. The number of urea groups is 2. The van der Waals surface area contributed by atoms with E-state index in [1.165, 1.54) is 6.42 Å². The van der Waals surface area contributed by atoms with Crippen LogP contribution < -0.4 is 10.6 Å². The molecule has 6 amide bonds. The Morgan fingerprint density at radius 1 is 0.941 bits per heavy atom. The number of imide groups is 1. The maximum atomic E-state index is 13.2. The van der Waals surface area contributed by atoms with Crippen molar-refractivity contribution in [3.8, 4) is 0 Å². The van der Waals surface area contributed by atoms with Crippen LogP contribution in [0.15, 0.2) is 0 Å². The van der Waals surface area contributed by atoms with Crippen molar-refractivity contribution < 1.29 is 19.2 Å². The highest BCUT2D eigenvalue weighted by Crippen LogP contribution is 2.43. The fourth-order valence-electron chi connectivity index (χ4n) is 6.04. The lowest BCUT2D eigenvalue weighted by atomic mass is 9.67. The van der Waals surface area contributed by atoms with Gasteiger partial charge in [0.15, 0.2) is 0 Å². The minimum atomic E-state index is -0.852. The van der Waals surface area contributed by atoms with Gasteiger partial charge in [-0.05, 0) is 49.9 Å². The molecule has 2 heterocycles. The third kappa shape index (κ3) is 5.18. The molecular formula is C25H41N5O4. The summed E-state index contributed by atoms with van der Waals surface area (Å²) >= 11 is 0. The monoisotopic (exact) mass is 475 g/mol. The summed E-state index contributed by atoms with van der Waals surface area (Å²) in [6.07, 6.45) is 8.66. The number of nitrogens with one attached hydrogen (secondary N) is 2. The molecule has 2 aliphatic carbocycles. The zero-order valence-corrected chi connectivity index (χ0v) is 21.0. The van der Waals surface area contributed by atoms with Crippen molar-refractivity contribution in [3.63, 3.8) is 0 Å². The highest BCUT2D eigenvalue weighted by Gasteiger charge is 2.53. The van der Waals surface area contributed by atoms with Gasteiger partial charge in [-0.15, -0.1) is 0 Å². The van der Waals surface area contributed by atoms with Crippen LogP contribution in [0.3, 0.4) is 0 Å². The van der Waals surface area contributed by atoms with Gasteiger partial charge in [-0.25, -0.2) is 9.59 Å². The topological polar surface area (TPSA) is 102 Å². The number of carbonyl (C=O) groups is 4. The van der Waals surface area contributed by atoms with Crippen molar-refractivity contribution >= 4 is 23.9 Å². The van der Waals surface area contributed by atoms with Gasteiger partial charge >= 0.3 is 12.1 Å². The number of carbonyl (C=O) groups excluding carboxylic acids is 4. The lowest BCUT2D eigenvalue weighted by Gasteiger charge is -2.40. The number of hydrogen-bond donors (Lipinski definition) is 2. The second-order valence-corrected chi connectivity index (χ2v) is 11.7. The van der Waals surface area contributed by atoms with Gasteiger partial charge in [-0.3, -0.25) is 14.5 Å². The lowest BCUT2D eigenvalue weighted by Crippen LogP contribution is -2.56. The van der Waals surface area contributed by atoms with E-state index in [9.17, 15) is 19.2 Å². The molecule has 0 radical (unpaired) electrons. The Balaban J connectivity index is 1.26. The van der Waals surface area contributed by atoms with Gasteiger partial charge in [-0.2, -0.15) is 0 Å². The van der Waals surface area contributed by atoms with Crippen molar-refractivity contribution in [2.75, 3.05) is 32.7 Å². The molecule has 2 aliphatic heterocycles. The maximum absolute atomic E-state index is 13.2. The average Bonchev–Trinajstić information content (AvgIpc) is 3.03. The maximum Gasteiger partial charge on any atom is 0.325 e. The third-order valence-corrected chi connectivity index (χ3v) is 8.46. The number of amides is 6. The molecule has 190 valence electrons. The van der Waals surface area contributed by atoms with Crippen LogP contribution in [0.5, 0.6) is 0 Å². The first-order valence-electron chi connectivity index (χ1n) is 13.1. The molecule has 0 unspecified atom stereocenters. The van der Waals surface area contributed by atoms with Crippen molar-refractivity contribution in [1.82, 2.24) is 25.3 Å². The van der Waals surface area contributed by atoms with E-state index in [2.05, 4.69) is 31.4 Å². The highest BCUT2D eigenvalue weighted by atomic mass is 16.2. The molecule has 0 aromatic rings. The van der Waals surface area contributed by atoms with E-state index in [-0.39, 0.29) is 35.8 Å². The predicted molar refractivity (Wildman–Crippen MR) is 128 cm³/mol. The number of nitrogens with zero attached hydrogens (tertiary/aromatic N) is 3. The number of rotatable bonds is 3. The van der Waals surface area contributed by atoms with E-state index in [0.717, 1.165) is 43.4 Å². The average molecular weight is 476 g/mol. The standard InChI is InChI=1S/C25H41N5O4/c1-24(2,3)18-9-11-25(12-10-18)21(32)30(23(34)27-25)17-20(31)28-13-15-29(16-14-28)22(33)26-19-7-5-4-6-8-19/h18-19H,4-17H2,1-3H3,(H,26,33)(H,27,34). The minimum absolute atomic E-state index is 0.0547. The van der Waals surface area contributed by atoms with E-state index in [4.69, 9.17) is 0 Å². The molecule has 0 atom stereocenters. The molecule has 2 saturated carbocycles. The van der Waals surface area contributed by atoms with E-state index >= 15 is 0 Å². The van der Waals surface area contributed by atoms with Gasteiger partial charge in [0.25, 0.3) is 5.91 Å². The van der Waals surface area contributed by atoms with Crippen LogP contribution in [0, 0.1) is 11.3 Å². The fourth-order valence-corrected chi connectivity index (χ4v) is 6.04. The van der Waals surface area contributed by atoms with E-state index < -0.39 is 11.6 Å². The summed E-state index contributed by atoms with van der Waals surface area (Å²) in [4.78, 5) is 55.9. The van der Waals surface area contributed by atoms with Gasteiger partial charge < -0.3 is 20.4 Å². The van der Waals surface area contributed by atoms with Crippen LogP contribution in [0.1, 0.15) is 78.6 Å². The molecule has 9 heteroatoms. The van der Waals surface area contributed by atoms with Gasteiger partial charge in [0.1, 0.15) is 12.1 Å².